The quantitative estimate of drug-likeness (QED) is 0.726. The van der Waals surface area contributed by atoms with Crippen molar-refractivity contribution in [1.29, 1.82) is 5.26 Å². The van der Waals surface area contributed by atoms with Crippen molar-refractivity contribution in [2.24, 2.45) is 0 Å². The molecule has 0 bridgehead atoms. The number of ether oxygens (including phenoxy) is 1. The molecule has 134 valence electrons. The van der Waals surface area contributed by atoms with Gasteiger partial charge in [-0.1, -0.05) is 6.07 Å². The summed E-state index contributed by atoms with van der Waals surface area (Å²) in [7, 11) is 0. The number of aryl methyl sites for hydroxylation is 2. The van der Waals surface area contributed by atoms with Gasteiger partial charge in [0.1, 0.15) is 6.07 Å². The molecule has 4 rings (SSSR count). The smallest absolute Gasteiger partial charge is 0.102 e. The van der Waals surface area contributed by atoms with Gasteiger partial charge >= 0.3 is 0 Å². The van der Waals surface area contributed by atoms with Gasteiger partial charge in [-0.25, -0.2) is 0 Å². The average molecular weight is 349 g/mol. The van der Waals surface area contributed by atoms with E-state index in [-0.39, 0.29) is 6.10 Å². The minimum Gasteiger partial charge on any atom is -0.374 e. The molecule has 0 radical (unpaired) electrons. The summed E-state index contributed by atoms with van der Waals surface area (Å²) in [5, 5.41) is 14.1. The molecule has 4 heterocycles. The minimum atomic E-state index is 0.115. The van der Waals surface area contributed by atoms with Crippen LogP contribution in [-0.2, 0) is 17.8 Å². The van der Waals surface area contributed by atoms with E-state index in [4.69, 9.17) is 4.74 Å². The van der Waals surface area contributed by atoms with Crippen LogP contribution in [0.1, 0.15) is 22.5 Å². The van der Waals surface area contributed by atoms with Crippen molar-refractivity contribution in [3.63, 3.8) is 0 Å². The molecule has 0 spiro atoms. The summed E-state index contributed by atoms with van der Waals surface area (Å²) in [6.07, 6.45) is 4.17. The zero-order valence-corrected chi connectivity index (χ0v) is 15.2. The molecule has 0 aromatic carbocycles. The summed E-state index contributed by atoms with van der Waals surface area (Å²) in [6.45, 7) is 8.05. The van der Waals surface area contributed by atoms with E-state index in [2.05, 4.69) is 35.3 Å². The maximum atomic E-state index is 9.60. The number of aromatic nitrogens is 3. The van der Waals surface area contributed by atoms with Gasteiger partial charge in [0, 0.05) is 43.3 Å². The van der Waals surface area contributed by atoms with Crippen molar-refractivity contribution in [3.8, 4) is 6.07 Å². The largest absolute Gasteiger partial charge is 0.374 e. The maximum Gasteiger partial charge on any atom is 0.102 e. The third-order valence-electron chi connectivity index (χ3n) is 4.97. The summed E-state index contributed by atoms with van der Waals surface area (Å²) in [6, 6.07) is 10.4. The molecule has 0 N–H and O–H groups in total. The zero-order valence-electron chi connectivity index (χ0n) is 15.2. The van der Waals surface area contributed by atoms with Crippen LogP contribution in [-0.4, -0.2) is 44.9 Å². The summed E-state index contributed by atoms with van der Waals surface area (Å²) in [5.74, 6) is 0. The van der Waals surface area contributed by atoms with E-state index in [1.165, 1.54) is 0 Å². The first-order chi connectivity index (χ1) is 12.6. The lowest BCUT2D eigenvalue weighted by atomic mass is 10.1. The summed E-state index contributed by atoms with van der Waals surface area (Å²) in [5.41, 5.74) is 5.01. The lowest BCUT2D eigenvalue weighted by molar-refractivity contribution is -0.0405. The van der Waals surface area contributed by atoms with Crippen LogP contribution in [0.5, 0.6) is 0 Å². The Balaban J connectivity index is 1.49. The van der Waals surface area contributed by atoms with Gasteiger partial charge in [0.25, 0.3) is 0 Å². The Morgan fingerprint density at radius 3 is 3.00 bits per heavy atom. The average Bonchev–Trinajstić information content (AvgIpc) is 3.13. The molecule has 6 nitrogen and oxygen atoms in total. The molecule has 26 heavy (non-hydrogen) atoms. The molecule has 1 fully saturated rings. The highest BCUT2D eigenvalue weighted by Crippen LogP contribution is 2.21. The molecule has 0 unspecified atom stereocenters. The van der Waals surface area contributed by atoms with Gasteiger partial charge in [-0.3, -0.25) is 9.58 Å². The van der Waals surface area contributed by atoms with Crippen molar-refractivity contribution < 1.29 is 4.74 Å². The summed E-state index contributed by atoms with van der Waals surface area (Å²) in [4.78, 5) is 2.37. The highest BCUT2D eigenvalue weighted by atomic mass is 16.5. The Bertz CT molecular complexity index is 964. The van der Waals surface area contributed by atoms with E-state index in [1.54, 1.807) is 0 Å². The van der Waals surface area contributed by atoms with Crippen molar-refractivity contribution in [3.05, 3.63) is 59.2 Å². The monoisotopic (exact) mass is 349 g/mol. The number of morpholine rings is 1. The molecule has 0 amide bonds. The number of nitrogens with zero attached hydrogens (tertiary/aromatic N) is 5. The lowest BCUT2D eigenvalue weighted by Crippen LogP contribution is -2.44. The van der Waals surface area contributed by atoms with Gasteiger partial charge in [0.05, 0.1) is 36.0 Å². The summed E-state index contributed by atoms with van der Waals surface area (Å²) >= 11 is 0. The van der Waals surface area contributed by atoms with Gasteiger partial charge in [0.15, 0.2) is 0 Å². The second-order valence-electron chi connectivity index (χ2n) is 6.97. The Morgan fingerprint density at radius 2 is 2.23 bits per heavy atom. The Hall–Kier alpha value is -2.62. The minimum absolute atomic E-state index is 0.115. The van der Waals surface area contributed by atoms with Crippen LogP contribution in [0.2, 0.25) is 0 Å². The van der Waals surface area contributed by atoms with Crippen LogP contribution in [0, 0.1) is 25.2 Å². The number of nitriles is 1. The number of hydrogen-bond donors (Lipinski definition) is 0. The topological polar surface area (TPSA) is 58.5 Å². The molecule has 0 saturated carbocycles. The Morgan fingerprint density at radius 1 is 1.35 bits per heavy atom. The third kappa shape index (κ3) is 3.24. The van der Waals surface area contributed by atoms with Gasteiger partial charge in [0.2, 0.25) is 0 Å². The molecule has 0 aliphatic carbocycles. The molecule has 1 saturated heterocycles. The number of fused-ring (bicyclic) bond motifs is 1. The van der Waals surface area contributed by atoms with Crippen LogP contribution in [0.15, 0.2) is 36.7 Å². The van der Waals surface area contributed by atoms with E-state index >= 15 is 0 Å². The molecule has 3 aromatic heterocycles. The zero-order chi connectivity index (χ0) is 18.1. The van der Waals surface area contributed by atoms with Gasteiger partial charge < -0.3 is 9.14 Å². The SMILES string of the molecule is Cc1cc(C)n(C[C@H]2CN(Cc3cn4ccccc4c3C#N)CCO2)n1. The lowest BCUT2D eigenvalue weighted by Gasteiger charge is -2.33. The van der Waals surface area contributed by atoms with E-state index in [0.29, 0.717) is 6.61 Å². The van der Waals surface area contributed by atoms with Crippen LogP contribution < -0.4 is 0 Å². The molecule has 3 aromatic rings. The highest BCUT2D eigenvalue weighted by molar-refractivity contribution is 5.65. The molecule has 1 aliphatic heterocycles. The fourth-order valence-corrected chi connectivity index (χ4v) is 3.75. The van der Waals surface area contributed by atoms with E-state index in [1.807, 2.05) is 40.4 Å². The molecular formula is C20H23N5O. The molecule has 1 atom stereocenters. The van der Waals surface area contributed by atoms with Gasteiger partial charge in [-0.05, 0) is 32.0 Å². The van der Waals surface area contributed by atoms with Crippen molar-refractivity contribution in [2.45, 2.75) is 33.0 Å². The van der Waals surface area contributed by atoms with Crippen molar-refractivity contribution in [2.75, 3.05) is 19.7 Å². The van der Waals surface area contributed by atoms with Crippen molar-refractivity contribution in [1.82, 2.24) is 19.1 Å². The van der Waals surface area contributed by atoms with Gasteiger partial charge in [-0.2, -0.15) is 10.4 Å². The molecule has 1 aliphatic rings. The second-order valence-corrected chi connectivity index (χ2v) is 6.97. The first-order valence-electron chi connectivity index (χ1n) is 8.97. The fraction of sp³-hybridized carbons (Fsp3) is 0.400. The van der Waals surface area contributed by atoms with Crippen LogP contribution >= 0.6 is 0 Å². The Labute approximate surface area is 153 Å². The normalized spacial score (nSPS) is 18.3. The van der Waals surface area contributed by atoms with E-state index < -0.39 is 0 Å². The molecule has 6 heteroatoms. The first-order valence-corrected chi connectivity index (χ1v) is 8.97. The third-order valence-corrected chi connectivity index (χ3v) is 4.97. The summed E-state index contributed by atoms with van der Waals surface area (Å²) < 4.78 is 10.0. The van der Waals surface area contributed by atoms with Crippen LogP contribution in [0.4, 0.5) is 0 Å². The number of rotatable bonds is 4. The van der Waals surface area contributed by atoms with E-state index in [9.17, 15) is 5.26 Å². The molecular weight excluding hydrogens is 326 g/mol. The van der Waals surface area contributed by atoms with Crippen LogP contribution in [0.3, 0.4) is 0 Å². The number of hydrogen-bond acceptors (Lipinski definition) is 4. The number of pyridine rings is 1. The highest BCUT2D eigenvalue weighted by Gasteiger charge is 2.23. The fourth-order valence-electron chi connectivity index (χ4n) is 3.75. The maximum absolute atomic E-state index is 9.60. The Kier molecular flexibility index (Phi) is 4.49. The van der Waals surface area contributed by atoms with Gasteiger partial charge in [-0.15, -0.1) is 0 Å². The van der Waals surface area contributed by atoms with Crippen LogP contribution in [0.25, 0.3) is 5.52 Å². The van der Waals surface area contributed by atoms with E-state index in [0.717, 1.165) is 54.2 Å². The standard InChI is InChI=1S/C20H23N5O/c1-15-9-16(2)25(22-15)14-18-13-23(7-8-26-18)11-17-12-24-6-4-3-5-20(24)19(17)10-21/h3-6,9,12,18H,7-8,11,13-14H2,1-2H3/t18-/m1/s1. The predicted octanol–water partition coefficient (Wildman–Crippen LogP) is 2.53. The van der Waals surface area contributed by atoms with Crippen molar-refractivity contribution >= 4 is 5.52 Å². The first kappa shape index (κ1) is 16.8. The predicted molar refractivity (Wildman–Crippen MR) is 98.8 cm³/mol. The second kappa shape index (κ2) is 6.94.